The predicted octanol–water partition coefficient (Wildman–Crippen LogP) is 4.24. The fourth-order valence-corrected chi connectivity index (χ4v) is 4.07. The van der Waals surface area contributed by atoms with Crippen molar-refractivity contribution in [3.63, 3.8) is 0 Å². The third kappa shape index (κ3) is 3.65. The van der Waals surface area contributed by atoms with Crippen LogP contribution in [-0.2, 0) is 4.79 Å². The maximum atomic E-state index is 12.5. The van der Waals surface area contributed by atoms with Crippen molar-refractivity contribution in [2.75, 3.05) is 14.2 Å². The maximum Gasteiger partial charge on any atom is 0.262 e. The highest BCUT2D eigenvalue weighted by molar-refractivity contribution is 9.10. The lowest BCUT2D eigenvalue weighted by molar-refractivity contribution is -0.124. The first-order chi connectivity index (χ1) is 11.6. The van der Waals surface area contributed by atoms with Gasteiger partial charge in [0, 0.05) is 19.2 Å². The quantitative estimate of drug-likeness (QED) is 0.707. The van der Waals surface area contributed by atoms with Gasteiger partial charge in [-0.1, -0.05) is 36.1 Å². The molecule has 0 aromatic heterocycles. The van der Waals surface area contributed by atoms with Crippen molar-refractivity contribution in [3.8, 4) is 5.75 Å². The van der Waals surface area contributed by atoms with E-state index < -0.39 is 0 Å². The van der Waals surface area contributed by atoms with Gasteiger partial charge in [-0.05, 0) is 45.8 Å². The molecule has 4 nitrogen and oxygen atoms in total. The molecule has 1 aliphatic carbocycles. The zero-order valence-corrected chi connectivity index (χ0v) is 15.8. The molecule has 1 atom stereocenters. The van der Waals surface area contributed by atoms with Gasteiger partial charge in [0.1, 0.15) is 5.75 Å². The molecule has 1 fully saturated rings. The van der Waals surface area contributed by atoms with Gasteiger partial charge in [-0.25, -0.2) is 0 Å². The average Bonchev–Trinajstić information content (AvgIpc) is 2.84. The Labute approximate surface area is 154 Å². The van der Waals surface area contributed by atoms with E-state index in [4.69, 9.17) is 4.74 Å². The Morgan fingerprint density at radius 3 is 2.92 bits per heavy atom. The van der Waals surface area contributed by atoms with E-state index in [9.17, 15) is 4.79 Å². The fraction of sp³-hybridized carbons (Fsp3) is 0.222. The van der Waals surface area contributed by atoms with Crippen molar-refractivity contribution < 1.29 is 9.53 Å². The Morgan fingerprint density at radius 1 is 1.42 bits per heavy atom. The highest BCUT2D eigenvalue weighted by Gasteiger charge is 2.33. The number of aliphatic imine (C=N–C) groups is 1. The largest absolute Gasteiger partial charge is 0.496 e. The zero-order valence-electron chi connectivity index (χ0n) is 13.4. The van der Waals surface area contributed by atoms with Crippen LogP contribution >= 0.6 is 27.7 Å². The molecular weight excluding hydrogens is 388 g/mol. The third-order valence-electron chi connectivity index (χ3n) is 3.71. The molecule has 0 radical (unpaired) electrons. The summed E-state index contributed by atoms with van der Waals surface area (Å²) in [5.41, 5.74) is 1.72. The molecule has 1 aromatic rings. The number of nitrogens with zero attached hydrogens (tertiary/aromatic N) is 2. The number of allylic oxidation sites excluding steroid dienone is 4. The summed E-state index contributed by atoms with van der Waals surface area (Å²) in [4.78, 5) is 19.5. The predicted molar refractivity (Wildman–Crippen MR) is 103 cm³/mol. The van der Waals surface area contributed by atoms with E-state index in [0.717, 1.165) is 27.9 Å². The maximum absolute atomic E-state index is 12.5. The Bertz CT molecular complexity index is 783. The van der Waals surface area contributed by atoms with Crippen molar-refractivity contribution in [1.82, 2.24) is 4.90 Å². The number of carbonyl (C=O) groups excluding carboxylic acids is 1. The first-order valence-electron chi connectivity index (χ1n) is 7.47. The SMILES string of the molecule is COc1ccc(C=C2SC(N=C3C=CC=CC3)N(C)C2=O)cc1Br. The number of hydrogen-bond acceptors (Lipinski definition) is 4. The third-order valence-corrected chi connectivity index (χ3v) is 5.51. The fourth-order valence-electron chi connectivity index (χ4n) is 2.39. The van der Waals surface area contributed by atoms with Crippen molar-refractivity contribution in [3.05, 3.63) is 57.4 Å². The molecule has 1 amide bonds. The van der Waals surface area contributed by atoms with Crippen LogP contribution in [0.25, 0.3) is 6.08 Å². The number of likely N-dealkylation sites (N-methyl/N-ethyl adjacent to an activating group) is 1. The second-order valence-corrected chi connectivity index (χ2v) is 7.33. The van der Waals surface area contributed by atoms with E-state index >= 15 is 0 Å². The number of amides is 1. The number of hydrogen-bond donors (Lipinski definition) is 0. The molecule has 24 heavy (non-hydrogen) atoms. The van der Waals surface area contributed by atoms with E-state index in [0.29, 0.717) is 4.91 Å². The second-order valence-electron chi connectivity index (χ2n) is 5.37. The van der Waals surface area contributed by atoms with Crippen LogP contribution < -0.4 is 4.74 Å². The molecule has 1 heterocycles. The first kappa shape index (κ1) is 17.0. The summed E-state index contributed by atoms with van der Waals surface area (Å²) >= 11 is 4.95. The zero-order chi connectivity index (χ0) is 17.1. The molecule has 124 valence electrons. The average molecular weight is 405 g/mol. The number of thioether (sulfide) groups is 1. The molecule has 1 aromatic carbocycles. The van der Waals surface area contributed by atoms with Crippen LogP contribution in [0, 0.1) is 0 Å². The normalized spacial score (nSPS) is 23.5. The van der Waals surface area contributed by atoms with Gasteiger partial charge in [0.2, 0.25) is 0 Å². The van der Waals surface area contributed by atoms with Crippen molar-refractivity contribution in [2.24, 2.45) is 4.99 Å². The summed E-state index contributed by atoms with van der Waals surface area (Å²) in [6.07, 6.45) is 10.7. The number of benzene rings is 1. The minimum Gasteiger partial charge on any atom is -0.496 e. The van der Waals surface area contributed by atoms with Gasteiger partial charge < -0.3 is 9.64 Å². The van der Waals surface area contributed by atoms with Crippen LogP contribution in [0.4, 0.5) is 0 Å². The summed E-state index contributed by atoms with van der Waals surface area (Å²) in [7, 11) is 3.42. The minimum absolute atomic E-state index is 0.00313. The highest BCUT2D eigenvalue weighted by Crippen LogP contribution is 2.37. The van der Waals surface area contributed by atoms with E-state index in [2.05, 4.69) is 27.0 Å². The Morgan fingerprint density at radius 2 is 2.25 bits per heavy atom. The molecule has 0 N–H and O–H groups in total. The van der Waals surface area contributed by atoms with E-state index in [-0.39, 0.29) is 11.4 Å². The van der Waals surface area contributed by atoms with Crippen LogP contribution in [0.15, 0.2) is 56.9 Å². The van der Waals surface area contributed by atoms with Crippen molar-refractivity contribution in [1.29, 1.82) is 0 Å². The van der Waals surface area contributed by atoms with Crippen LogP contribution in [-0.4, -0.2) is 36.2 Å². The first-order valence-corrected chi connectivity index (χ1v) is 9.14. The Hall–Kier alpha value is -1.79. The monoisotopic (exact) mass is 404 g/mol. The highest BCUT2D eigenvalue weighted by atomic mass is 79.9. The molecule has 6 heteroatoms. The smallest absolute Gasteiger partial charge is 0.262 e. The molecule has 0 bridgehead atoms. The number of ether oxygens (including phenoxy) is 1. The molecule has 1 unspecified atom stereocenters. The van der Waals surface area contributed by atoms with Gasteiger partial charge in [-0.3, -0.25) is 9.79 Å². The number of halogens is 1. The summed E-state index contributed by atoms with van der Waals surface area (Å²) < 4.78 is 6.09. The standard InChI is InChI=1S/C18H17BrN2O2S/c1-21-17(22)16(11-12-8-9-15(23-2)14(19)10-12)24-18(21)20-13-6-4-3-5-7-13/h3-6,8-11,18H,7H2,1-2H3. The van der Waals surface area contributed by atoms with Gasteiger partial charge in [0.15, 0.2) is 5.50 Å². The van der Waals surface area contributed by atoms with Gasteiger partial charge in [-0.2, -0.15) is 0 Å². The molecule has 1 saturated heterocycles. The van der Waals surface area contributed by atoms with Crippen molar-refractivity contribution >= 4 is 45.4 Å². The number of methoxy groups -OCH3 is 1. The summed E-state index contributed by atoms with van der Waals surface area (Å²) in [5, 5.41) is 0. The van der Waals surface area contributed by atoms with Crippen molar-refractivity contribution in [2.45, 2.75) is 11.9 Å². The molecule has 0 spiro atoms. The van der Waals surface area contributed by atoms with Crippen LogP contribution in [0.2, 0.25) is 0 Å². The van der Waals surface area contributed by atoms with E-state index in [1.165, 1.54) is 11.8 Å². The molecule has 2 aliphatic rings. The molecular formula is C18H17BrN2O2S. The lowest BCUT2D eigenvalue weighted by Crippen LogP contribution is -2.27. The topological polar surface area (TPSA) is 41.9 Å². The van der Waals surface area contributed by atoms with E-state index in [1.807, 2.05) is 42.5 Å². The molecule has 0 saturated carbocycles. The van der Waals surface area contributed by atoms with Gasteiger partial charge in [0.25, 0.3) is 5.91 Å². The van der Waals surface area contributed by atoms with Crippen LogP contribution in [0.5, 0.6) is 5.75 Å². The summed E-state index contributed by atoms with van der Waals surface area (Å²) in [6, 6.07) is 5.74. The molecule has 3 rings (SSSR count). The Kier molecular flexibility index (Phi) is 5.26. The lowest BCUT2D eigenvalue weighted by atomic mass is 10.1. The summed E-state index contributed by atoms with van der Waals surface area (Å²) in [5.74, 6) is 0.762. The minimum atomic E-state index is -0.211. The van der Waals surface area contributed by atoms with Crippen LogP contribution in [0.3, 0.4) is 0 Å². The lowest BCUT2D eigenvalue weighted by Gasteiger charge is -2.15. The molecule has 1 aliphatic heterocycles. The number of carbonyl (C=O) groups is 1. The van der Waals surface area contributed by atoms with E-state index in [1.54, 1.807) is 19.1 Å². The summed E-state index contributed by atoms with van der Waals surface area (Å²) in [6.45, 7) is 0. The van der Waals surface area contributed by atoms with Gasteiger partial charge >= 0.3 is 0 Å². The van der Waals surface area contributed by atoms with Crippen LogP contribution in [0.1, 0.15) is 12.0 Å². The van der Waals surface area contributed by atoms with Gasteiger partial charge in [0.05, 0.1) is 16.5 Å². The van der Waals surface area contributed by atoms with Gasteiger partial charge in [-0.15, -0.1) is 0 Å². The Balaban J connectivity index is 1.82. The number of rotatable bonds is 3. The second kappa shape index (κ2) is 7.40.